The minimum absolute atomic E-state index is 0.135. The highest BCUT2D eigenvalue weighted by atomic mass is 28.4. The van der Waals surface area contributed by atoms with E-state index in [0.29, 0.717) is 24.3 Å². The number of carboxylic acid groups (broad SMARTS) is 1. The lowest BCUT2D eigenvalue weighted by molar-refractivity contribution is 0.0697. The molecule has 0 radical (unpaired) electrons. The number of hydrogen-bond donors (Lipinski definition) is 1. The number of carboxylic acids is 1. The Hall–Kier alpha value is -2.89. The molecule has 0 heterocycles. The van der Waals surface area contributed by atoms with Crippen molar-refractivity contribution in [3.05, 3.63) is 89.0 Å². The third-order valence-electron chi connectivity index (χ3n) is 6.36. The van der Waals surface area contributed by atoms with Gasteiger partial charge in [0, 0.05) is 0 Å². The van der Waals surface area contributed by atoms with Crippen molar-refractivity contribution >= 4 is 14.3 Å². The van der Waals surface area contributed by atoms with Gasteiger partial charge in [0.1, 0.15) is 5.75 Å². The summed E-state index contributed by atoms with van der Waals surface area (Å²) in [6, 6.07) is 21.3. The maximum Gasteiger partial charge on any atom is 0.336 e. The number of rotatable bonds is 8. The van der Waals surface area contributed by atoms with E-state index in [9.17, 15) is 9.90 Å². The van der Waals surface area contributed by atoms with Gasteiger partial charge >= 0.3 is 5.97 Å². The van der Waals surface area contributed by atoms with Crippen molar-refractivity contribution in [2.45, 2.75) is 59.0 Å². The second-order valence-electron chi connectivity index (χ2n) is 10.0. The predicted molar refractivity (Wildman–Crippen MR) is 136 cm³/mol. The number of aromatic carboxylic acids is 1. The Bertz CT molecular complexity index is 1130. The molecule has 0 saturated heterocycles. The van der Waals surface area contributed by atoms with Crippen LogP contribution in [-0.4, -0.2) is 19.4 Å². The van der Waals surface area contributed by atoms with E-state index in [1.54, 1.807) is 6.07 Å². The van der Waals surface area contributed by atoms with Crippen LogP contribution in [0, 0.1) is 6.92 Å². The van der Waals surface area contributed by atoms with Crippen LogP contribution in [0.15, 0.2) is 66.7 Å². The largest absolute Gasteiger partial charge is 0.543 e. The first-order valence-corrected chi connectivity index (χ1v) is 14.2. The summed E-state index contributed by atoms with van der Waals surface area (Å²) in [6.07, 6.45) is 0. The van der Waals surface area contributed by atoms with Crippen LogP contribution in [0.2, 0.25) is 18.1 Å². The Morgan fingerprint density at radius 1 is 0.879 bits per heavy atom. The summed E-state index contributed by atoms with van der Waals surface area (Å²) in [6.45, 7) is 14.0. The SMILES string of the molecule is Cc1ccccc1-c1cc(COCc2cccc(O[Si](C)(C)C(C)(C)C)c2)ccc1C(=O)O. The van der Waals surface area contributed by atoms with Gasteiger partial charge in [-0.2, -0.15) is 0 Å². The van der Waals surface area contributed by atoms with Gasteiger partial charge < -0.3 is 14.3 Å². The summed E-state index contributed by atoms with van der Waals surface area (Å²) < 4.78 is 12.4. The molecular weight excluding hydrogens is 428 g/mol. The first-order valence-electron chi connectivity index (χ1n) is 11.3. The highest BCUT2D eigenvalue weighted by molar-refractivity contribution is 6.74. The average Bonchev–Trinajstić information content (AvgIpc) is 2.73. The first-order chi connectivity index (χ1) is 15.5. The van der Waals surface area contributed by atoms with E-state index in [4.69, 9.17) is 9.16 Å². The number of hydrogen-bond acceptors (Lipinski definition) is 3. The zero-order chi connectivity index (χ0) is 24.2. The van der Waals surface area contributed by atoms with Crippen LogP contribution in [0.25, 0.3) is 11.1 Å². The van der Waals surface area contributed by atoms with E-state index in [1.165, 1.54) is 0 Å². The molecule has 3 aromatic rings. The van der Waals surface area contributed by atoms with E-state index in [1.807, 2.05) is 67.6 Å². The maximum absolute atomic E-state index is 11.8. The van der Waals surface area contributed by atoms with Gasteiger partial charge in [-0.05, 0) is 77.1 Å². The molecule has 3 rings (SSSR count). The number of ether oxygens (including phenoxy) is 1. The van der Waals surface area contributed by atoms with Crippen molar-refractivity contribution in [1.82, 2.24) is 0 Å². The average molecular weight is 463 g/mol. The van der Waals surface area contributed by atoms with Crippen molar-refractivity contribution in [3.63, 3.8) is 0 Å². The number of aryl methyl sites for hydroxylation is 1. The smallest absolute Gasteiger partial charge is 0.336 e. The molecule has 0 atom stereocenters. The second-order valence-corrected chi connectivity index (χ2v) is 14.7. The Morgan fingerprint density at radius 2 is 1.55 bits per heavy atom. The monoisotopic (exact) mass is 462 g/mol. The fourth-order valence-corrected chi connectivity index (χ4v) is 4.42. The molecule has 0 bridgehead atoms. The van der Waals surface area contributed by atoms with E-state index in [0.717, 1.165) is 28.0 Å². The van der Waals surface area contributed by atoms with Crippen LogP contribution < -0.4 is 4.43 Å². The van der Waals surface area contributed by atoms with Crippen molar-refractivity contribution in [1.29, 1.82) is 0 Å². The lowest BCUT2D eigenvalue weighted by Gasteiger charge is -2.36. The Kier molecular flexibility index (Phi) is 7.45. The maximum atomic E-state index is 11.8. The molecule has 0 spiro atoms. The molecule has 33 heavy (non-hydrogen) atoms. The van der Waals surface area contributed by atoms with Gasteiger partial charge in [-0.3, -0.25) is 0 Å². The molecule has 0 unspecified atom stereocenters. The zero-order valence-corrected chi connectivity index (χ0v) is 21.4. The molecular formula is C28H34O4Si. The summed E-state index contributed by atoms with van der Waals surface area (Å²) in [4.78, 5) is 11.8. The standard InChI is InChI=1S/C28H34O4Si/c1-20-10-7-8-13-24(20)26-17-22(14-15-25(26)27(29)30)19-31-18-21-11-9-12-23(16-21)32-33(5,6)28(2,3)4/h7-17H,18-19H2,1-6H3,(H,29,30). The van der Waals surface area contributed by atoms with Crippen LogP contribution in [0.3, 0.4) is 0 Å². The van der Waals surface area contributed by atoms with Crippen LogP contribution in [-0.2, 0) is 18.0 Å². The van der Waals surface area contributed by atoms with Crippen LogP contribution >= 0.6 is 0 Å². The van der Waals surface area contributed by atoms with Gasteiger partial charge in [0.2, 0.25) is 8.32 Å². The molecule has 5 heteroatoms. The van der Waals surface area contributed by atoms with Gasteiger partial charge in [0.15, 0.2) is 0 Å². The quantitative estimate of drug-likeness (QED) is 0.353. The van der Waals surface area contributed by atoms with Gasteiger partial charge in [-0.25, -0.2) is 4.79 Å². The molecule has 0 aliphatic heterocycles. The molecule has 0 saturated carbocycles. The van der Waals surface area contributed by atoms with E-state index in [2.05, 4.69) is 33.9 Å². The zero-order valence-electron chi connectivity index (χ0n) is 20.4. The lowest BCUT2D eigenvalue weighted by atomic mass is 9.94. The first kappa shape index (κ1) is 24.7. The summed E-state index contributed by atoms with van der Waals surface area (Å²) in [5, 5.41) is 9.79. The number of carbonyl (C=O) groups is 1. The molecule has 0 aliphatic carbocycles. The Balaban J connectivity index is 1.72. The van der Waals surface area contributed by atoms with Gasteiger partial charge in [0.05, 0.1) is 18.8 Å². The normalized spacial score (nSPS) is 11.9. The molecule has 0 fully saturated rings. The summed E-state index contributed by atoms with van der Waals surface area (Å²) >= 11 is 0. The van der Waals surface area contributed by atoms with Crippen molar-refractivity contribution < 1.29 is 19.1 Å². The molecule has 0 amide bonds. The second kappa shape index (κ2) is 9.94. The topological polar surface area (TPSA) is 55.8 Å². The molecule has 4 nitrogen and oxygen atoms in total. The summed E-state index contributed by atoms with van der Waals surface area (Å²) in [5.41, 5.74) is 4.96. The Labute approximate surface area is 198 Å². The van der Waals surface area contributed by atoms with Gasteiger partial charge in [-0.1, -0.05) is 63.2 Å². The predicted octanol–water partition coefficient (Wildman–Crippen LogP) is 7.46. The summed E-state index contributed by atoms with van der Waals surface area (Å²) in [5.74, 6) is -0.0467. The molecule has 1 N–H and O–H groups in total. The van der Waals surface area contributed by atoms with Crippen LogP contribution in [0.4, 0.5) is 0 Å². The number of benzene rings is 3. The summed E-state index contributed by atoms with van der Waals surface area (Å²) in [7, 11) is -1.90. The van der Waals surface area contributed by atoms with Crippen molar-refractivity contribution in [2.75, 3.05) is 0 Å². The highest BCUT2D eigenvalue weighted by Crippen LogP contribution is 2.37. The minimum Gasteiger partial charge on any atom is -0.543 e. The fourth-order valence-electron chi connectivity index (χ4n) is 3.40. The van der Waals surface area contributed by atoms with Crippen molar-refractivity contribution in [3.8, 4) is 16.9 Å². The van der Waals surface area contributed by atoms with Crippen LogP contribution in [0.5, 0.6) is 5.75 Å². The molecule has 174 valence electrons. The van der Waals surface area contributed by atoms with E-state index in [-0.39, 0.29) is 5.04 Å². The minimum atomic E-state index is -1.90. The Morgan fingerprint density at radius 3 is 2.18 bits per heavy atom. The lowest BCUT2D eigenvalue weighted by Crippen LogP contribution is -2.43. The van der Waals surface area contributed by atoms with Gasteiger partial charge in [-0.15, -0.1) is 0 Å². The van der Waals surface area contributed by atoms with Gasteiger partial charge in [0.25, 0.3) is 0 Å². The molecule has 0 aromatic heterocycles. The molecule has 0 aliphatic rings. The fraction of sp³-hybridized carbons (Fsp3) is 0.321. The van der Waals surface area contributed by atoms with E-state index >= 15 is 0 Å². The van der Waals surface area contributed by atoms with Crippen LogP contribution in [0.1, 0.15) is 47.8 Å². The highest BCUT2D eigenvalue weighted by Gasteiger charge is 2.38. The third kappa shape index (κ3) is 6.12. The third-order valence-corrected chi connectivity index (χ3v) is 10.7. The van der Waals surface area contributed by atoms with E-state index < -0.39 is 14.3 Å². The van der Waals surface area contributed by atoms with Crippen molar-refractivity contribution in [2.24, 2.45) is 0 Å². The molecule has 3 aromatic carbocycles.